The van der Waals surface area contributed by atoms with Gasteiger partial charge in [-0.05, 0) is 18.2 Å². The second-order valence-electron chi connectivity index (χ2n) is 2.58. The number of halogens is 1. The molecule has 1 aromatic carbocycles. The van der Waals surface area contributed by atoms with Crippen LogP contribution in [0.3, 0.4) is 0 Å². The van der Waals surface area contributed by atoms with Gasteiger partial charge in [-0.1, -0.05) is 11.6 Å². The molecule has 4 heteroatoms. The number of hydrogen-bond acceptors (Lipinski definition) is 3. The highest BCUT2D eigenvalue weighted by Gasteiger charge is 2.09. The Balaban J connectivity index is 2.84. The molecule has 0 unspecified atom stereocenters. The Labute approximate surface area is 83.4 Å². The minimum atomic E-state index is 0.157. The van der Waals surface area contributed by atoms with Gasteiger partial charge < -0.3 is 5.11 Å². The van der Waals surface area contributed by atoms with Crippen LogP contribution in [0.1, 0.15) is 9.67 Å². The van der Waals surface area contributed by atoms with E-state index in [4.69, 9.17) is 11.6 Å². The highest BCUT2D eigenvalue weighted by atomic mass is 35.5. The molecule has 0 saturated carbocycles. The summed E-state index contributed by atoms with van der Waals surface area (Å²) in [5, 5.41) is 10.3. The molecule has 2 aromatic rings. The van der Waals surface area contributed by atoms with Gasteiger partial charge in [-0.15, -0.1) is 11.3 Å². The maximum atomic E-state index is 10.5. The van der Waals surface area contributed by atoms with E-state index in [0.29, 0.717) is 9.90 Å². The lowest BCUT2D eigenvalue weighted by Crippen LogP contribution is -1.69. The topological polar surface area (TPSA) is 37.3 Å². The minimum Gasteiger partial charge on any atom is -0.508 e. The number of rotatable bonds is 1. The van der Waals surface area contributed by atoms with E-state index in [1.807, 2.05) is 0 Å². The molecule has 0 amide bonds. The third kappa shape index (κ3) is 1.30. The van der Waals surface area contributed by atoms with E-state index in [9.17, 15) is 9.90 Å². The van der Waals surface area contributed by atoms with Gasteiger partial charge in [0.05, 0.1) is 9.90 Å². The highest BCUT2D eigenvalue weighted by molar-refractivity contribution is 7.21. The molecule has 1 heterocycles. The summed E-state index contributed by atoms with van der Waals surface area (Å²) in [5.74, 6) is 0.157. The van der Waals surface area contributed by atoms with Crippen molar-refractivity contribution in [1.82, 2.24) is 0 Å². The Morgan fingerprint density at radius 1 is 1.46 bits per heavy atom. The van der Waals surface area contributed by atoms with Gasteiger partial charge in [0.15, 0.2) is 6.29 Å². The third-order valence-corrected chi connectivity index (χ3v) is 3.36. The van der Waals surface area contributed by atoms with Crippen LogP contribution in [0.25, 0.3) is 10.1 Å². The Morgan fingerprint density at radius 3 is 2.92 bits per heavy atom. The van der Waals surface area contributed by atoms with Crippen LogP contribution in [-0.2, 0) is 0 Å². The first-order valence-electron chi connectivity index (χ1n) is 3.58. The molecule has 1 N–H and O–H groups in total. The summed E-state index contributed by atoms with van der Waals surface area (Å²) in [4.78, 5) is 11.0. The first kappa shape index (κ1) is 8.53. The number of fused-ring (bicyclic) bond motifs is 1. The zero-order valence-corrected chi connectivity index (χ0v) is 8.02. The Hall–Kier alpha value is -1.06. The highest BCUT2D eigenvalue weighted by Crippen LogP contribution is 2.35. The Kier molecular flexibility index (Phi) is 1.98. The smallest absolute Gasteiger partial charge is 0.161 e. The number of phenolic OH excluding ortho intramolecular Hbond substituents is 1. The number of benzene rings is 1. The summed E-state index contributed by atoms with van der Waals surface area (Å²) in [6, 6.07) is 4.87. The third-order valence-electron chi connectivity index (χ3n) is 1.74. The van der Waals surface area contributed by atoms with Gasteiger partial charge in [0.1, 0.15) is 5.75 Å². The molecule has 0 aliphatic heterocycles. The number of thiophene rings is 1. The van der Waals surface area contributed by atoms with E-state index in [0.717, 1.165) is 16.4 Å². The van der Waals surface area contributed by atoms with Gasteiger partial charge in [-0.25, -0.2) is 0 Å². The molecule has 2 nitrogen and oxygen atoms in total. The molecule has 0 aliphatic carbocycles. The van der Waals surface area contributed by atoms with Crippen molar-refractivity contribution >= 4 is 39.3 Å². The van der Waals surface area contributed by atoms with Crippen molar-refractivity contribution < 1.29 is 9.90 Å². The summed E-state index contributed by atoms with van der Waals surface area (Å²) in [6.07, 6.45) is 0.726. The minimum absolute atomic E-state index is 0.157. The molecular formula is C9H5ClO2S. The van der Waals surface area contributed by atoms with Gasteiger partial charge >= 0.3 is 0 Å². The monoisotopic (exact) mass is 212 g/mol. The molecule has 0 radical (unpaired) electrons. The van der Waals surface area contributed by atoms with Crippen molar-refractivity contribution in [3.8, 4) is 5.75 Å². The lowest BCUT2D eigenvalue weighted by atomic mass is 10.2. The first-order chi connectivity index (χ1) is 6.22. The van der Waals surface area contributed by atoms with E-state index in [2.05, 4.69) is 0 Å². The molecule has 2 rings (SSSR count). The number of phenols is 1. The van der Waals surface area contributed by atoms with Crippen LogP contribution in [0.4, 0.5) is 0 Å². The molecule has 0 atom stereocenters. The SMILES string of the molecule is O=Cc1sc2ccc(O)cc2c1Cl. The summed E-state index contributed by atoms with van der Waals surface area (Å²) in [7, 11) is 0. The fourth-order valence-corrected chi connectivity index (χ4v) is 2.41. The average Bonchev–Trinajstić information content (AvgIpc) is 2.44. The van der Waals surface area contributed by atoms with Crippen molar-refractivity contribution in [2.75, 3.05) is 0 Å². The Bertz CT molecular complexity index is 476. The van der Waals surface area contributed by atoms with Gasteiger partial charge in [0.25, 0.3) is 0 Å². The molecule has 66 valence electrons. The number of carbonyl (C=O) groups is 1. The lowest BCUT2D eigenvalue weighted by molar-refractivity contribution is 0.112. The molecule has 0 spiro atoms. The van der Waals surface area contributed by atoms with Crippen LogP contribution in [0, 0.1) is 0 Å². The van der Waals surface area contributed by atoms with Crippen molar-refractivity contribution in [2.45, 2.75) is 0 Å². The first-order valence-corrected chi connectivity index (χ1v) is 4.78. The summed E-state index contributed by atoms with van der Waals surface area (Å²) >= 11 is 7.22. The standard InChI is InChI=1S/C9H5ClO2S/c10-9-6-3-5(12)1-2-7(6)13-8(9)4-11/h1-4,12H. The van der Waals surface area contributed by atoms with E-state index in [-0.39, 0.29) is 5.75 Å². The second-order valence-corrected chi connectivity index (χ2v) is 4.04. The van der Waals surface area contributed by atoms with Crippen LogP contribution < -0.4 is 0 Å². The van der Waals surface area contributed by atoms with E-state index >= 15 is 0 Å². The molecular weight excluding hydrogens is 208 g/mol. The maximum absolute atomic E-state index is 10.5. The molecule has 1 aromatic heterocycles. The maximum Gasteiger partial charge on any atom is 0.161 e. The zero-order chi connectivity index (χ0) is 9.42. The van der Waals surface area contributed by atoms with Crippen molar-refractivity contribution in [1.29, 1.82) is 0 Å². The quantitative estimate of drug-likeness (QED) is 0.738. The number of carbonyl (C=O) groups excluding carboxylic acids is 1. The summed E-state index contributed by atoms with van der Waals surface area (Å²) < 4.78 is 0.907. The van der Waals surface area contributed by atoms with Crippen LogP contribution in [0.2, 0.25) is 5.02 Å². The van der Waals surface area contributed by atoms with E-state index < -0.39 is 0 Å². The molecule has 0 fully saturated rings. The number of aldehydes is 1. The van der Waals surface area contributed by atoms with Gasteiger partial charge in [0.2, 0.25) is 0 Å². The van der Waals surface area contributed by atoms with Gasteiger partial charge in [-0.2, -0.15) is 0 Å². The Morgan fingerprint density at radius 2 is 2.23 bits per heavy atom. The molecule has 0 bridgehead atoms. The van der Waals surface area contributed by atoms with E-state index in [1.165, 1.54) is 11.3 Å². The average molecular weight is 213 g/mol. The predicted molar refractivity (Wildman–Crippen MR) is 53.9 cm³/mol. The summed E-state index contributed by atoms with van der Waals surface area (Å²) in [5.41, 5.74) is 0. The van der Waals surface area contributed by atoms with Crippen LogP contribution in [0.15, 0.2) is 18.2 Å². The van der Waals surface area contributed by atoms with Crippen LogP contribution in [0.5, 0.6) is 5.75 Å². The van der Waals surface area contributed by atoms with Crippen molar-refractivity contribution in [2.24, 2.45) is 0 Å². The fourth-order valence-electron chi connectivity index (χ4n) is 1.15. The zero-order valence-electron chi connectivity index (χ0n) is 6.45. The molecule has 0 saturated heterocycles. The molecule has 13 heavy (non-hydrogen) atoms. The predicted octanol–water partition coefficient (Wildman–Crippen LogP) is 3.07. The van der Waals surface area contributed by atoms with Gasteiger partial charge in [-0.3, -0.25) is 4.79 Å². The van der Waals surface area contributed by atoms with Gasteiger partial charge in [0, 0.05) is 10.1 Å². The second kappa shape index (κ2) is 3.01. The van der Waals surface area contributed by atoms with Crippen molar-refractivity contribution in [3.63, 3.8) is 0 Å². The largest absolute Gasteiger partial charge is 0.508 e. The molecule has 0 aliphatic rings. The normalized spacial score (nSPS) is 10.5. The fraction of sp³-hybridized carbons (Fsp3) is 0. The lowest BCUT2D eigenvalue weighted by Gasteiger charge is -1.91. The van der Waals surface area contributed by atoms with E-state index in [1.54, 1.807) is 18.2 Å². The summed E-state index contributed by atoms with van der Waals surface area (Å²) in [6.45, 7) is 0. The van der Waals surface area contributed by atoms with Crippen molar-refractivity contribution in [3.05, 3.63) is 28.1 Å². The van der Waals surface area contributed by atoms with Crippen LogP contribution >= 0.6 is 22.9 Å². The number of aromatic hydroxyl groups is 1. The van der Waals surface area contributed by atoms with Crippen LogP contribution in [-0.4, -0.2) is 11.4 Å². The number of hydrogen-bond donors (Lipinski definition) is 1.